The number of anilines is 1. The zero-order valence-corrected chi connectivity index (χ0v) is 19.3. The quantitative estimate of drug-likeness (QED) is 0.370. The van der Waals surface area contributed by atoms with Gasteiger partial charge in [0.15, 0.2) is 0 Å². The summed E-state index contributed by atoms with van der Waals surface area (Å²) in [6.07, 6.45) is 6.30. The number of amides is 1. The minimum absolute atomic E-state index is 0.109. The molecule has 4 aromatic rings. The van der Waals surface area contributed by atoms with Crippen molar-refractivity contribution in [2.24, 2.45) is 0 Å². The maximum Gasteiger partial charge on any atom is 0.244 e. The molecule has 35 heavy (non-hydrogen) atoms. The number of hydrogen-bond donors (Lipinski definition) is 1. The van der Waals surface area contributed by atoms with E-state index >= 15 is 0 Å². The molecule has 3 aromatic carbocycles. The first-order valence-electron chi connectivity index (χ1n) is 11.9. The predicted octanol–water partition coefficient (Wildman–Crippen LogP) is 5.07. The predicted molar refractivity (Wildman–Crippen MR) is 135 cm³/mol. The summed E-state index contributed by atoms with van der Waals surface area (Å²) < 4.78 is 8.40. The van der Waals surface area contributed by atoms with E-state index in [2.05, 4.69) is 19.7 Å². The molecule has 2 aliphatic rings. The molecule has 0 saturated carbocycles. The molecule has 6 bridgehead atoms. The van der Waals surface area contributed by atoms with E-state index in [0.717, 1.165) is 53.5 Å². The summed E-state index contributed by atoms with van der Waals surface area (Å²) in [7, 11) is 0. The summed E-state index contributed by atoms with van der Waals surface area (Å²) in [5.74, 6) is 1.27. The van der Waals surface area contributed by atoms with Crippen LogP contribution in [0.15, 0.2) is 67.1 Å². The lowest BCUT2D eigenvalue weighted by atomic mass is 10.1. The summed E-state index contributed by atoms with van der Waals surface area (Å²) in [6, 6.07) is 17.5. The Labute approximate surface area is 203 Å². The molecule has 174 valence electrons. The number of fused-ring (bicyclic) bond motifs is 7. The van der Waals surface area contributed by atoms with Crippen molar-refractivity contribution in [3.05, 3.63) is 89.8 Å². The molecular weight excluding hydrogens is 438 g/mol. The number of imidazole rings is 1. The first-order valence-corrected chi connectivity index (χ1v) is 11.9. The molecule has 1 amide bonds. The number of aryl methyl sites for hydroxylation is 1. The fourth-order valence-electron chi connectivity index (χ4n) is 5.04. The topological polar surface area (TPSA) is 63.8 Å². The summed E-state index contributed by atoms with van der Waals surface area (Å²) in [5.41, 5.74) is 3.54. The molecule has 1 fully saturated rings. The van der Waals surface area contributed by atoms with E-state index in [1.54, 1.807) is 0 Å². The molecule has 7 nitrogen and oxygen atoms in total. The monoisotopic (exact) mass is 463 g/mol. The average Bonchev–Trinajstić information content (AvgIpc) is 3.47. The molecular formula is C28H25N5O2. The SMILES string of the molecule is [C-]#[N+]c1ccc2cc1Oc1ccc3cccc(c3c1)N1CC[C@H](NCCCc3cncn3C2)C1=O. The van der Waals surface area contributed by atoms with Crippen molar-refractivity contribution in [2.75, 3.05) is 18.0 Å². The highest BCUT2D eigenvalue weighted by molar-refractivity contribution is 6.07. The number of nitrogens with one attached hydrogen (secondary N) is 1. The molecule has 6 rings (SSSR count). The van der Waals surface area contributed by atoms with E-state index in [1.807, 2.05) is 72.0 Å². The molecule has 7 heteroatoms. The Kier molecular flexibility index (Phi) is 5.44. The minimum atomic E-state index is -0.172. The number of ether oxygens (including phenoxy) is 1. The first-order chi connectivity index (χ1) is 17.2. The van der Waals surface area contributed by atoms with Gasteiger partial charge in [0, 0.05) is 30.4 Å². The second-order valence-electron chi connectivity index (χ2n) is 9.08. The number of aromatic nitrogens is 2. The van der Waals surface area contributed by atoms with Gasteiger partial charge in [-0.15, -0.1) is 0 Å². The van der Waals surface area contributed by atoms with Crippen molar-refractivity contribution >= 4 is 28.1 Å². The smallest absolute Gasteiger partial charge is 0.244 e. The second kappa shape index (κ2) is 8.90. The molecule has 1 atom stereocenters. The third-order valence-corrected chi connectivity index (χ3v) is 6.85. The van der Waals surface area contributed by atoms with Crippen LogP contribution in [0.3, 0.4) is 0 Å². The molecule has 1 N–H and O–H groups in total. The van der Waals surface area contributed by atoms with Crippen LogP contribution in [0.4, 0.5) is 11.4 Å². The zero-order chi connectivity index (χ0) is 23.8. The summed E-state index contributed by atoms with van der Waals surface area (Å²) >= 11 is 0. The fourth-order valence-corrected chi connectivity index (χ4v) is 5.04. The van der Waals surface area contributed by atoms with Gasteiger partial charge in [-0.25, -0.2) is 9.83 Å². The third kappa shape index (κ3) is 4.02. The maximum absolute atomic E-state index is 13.3. The number of benzene rings is 3. The van der Waals surface area contributed by atoms with Crippen LogP contribution in [0, 0.1) is 6.57 Å². The van der Waals surface area contributed by atoms with Gasteiger partial charge in [-0.1, -0.05) is 30.3 Å². The molecule has 0 unspecified atom stereocenters. The lowest BCUT2D eigenvalue weighted by Crippen LogP contribution is -2.39. The first kappa shape index (κ1) is 21.4. The number of carbonyl (C=O) groups excluding carboxylic acids is 1. The van der Waals surface area contributed by atoms with E-state index in [-0.39, 0.29) is 11.9 Å². The van der Waals surface area contributed by atoms with Crippen molar-refractivity contribution in [2.45, 2.75) is 31.8 Å². The number of hydrogen-bond acceptors (Lipinski definition) is 4. The number of rotatable bonds is 0. The van der Waals surface area contributed by atoms with Crippen molar-refractivity contribution in [3.63, 3.8) is 0 Å². The Morgan fingerprint density at radius 2 is 2.09 bits per heavy atom. The van der Waals surface area contributed by atoms with Gasteiger partial charge in [-0.3, -0.25) is 4.79 Å². The molecule has 2 aliphatic heterocycles. The van der Waals surface area contributed by atoms with Crippen LogP contribution in [0.5, 0.6) is 11.5 Å². The second-order valence-corrected chi connectivity index (χ2v) is 9.08. The van der Waals surface area contributed by atoms with Gasteiger partial charge in [0.2, 0.25) is 11.6 Å². The Morgan fingerprint density at radius 1 is 1.14 bits per heavy atom. The molecule has 0 spiro atoms. The molecule has 0 aliphatic carbocycles. The Morgan fingerprint density at radius 3 is 3.00 bits per heavy atom. The summed E-state index contributed by atoms with van der Waals surface area (Å²) in [5, 5.41) is 5.47. The average molecular weight is 464 g/mol. The van der Waals surface area contributed by atoms with Crippen LogP contribution >= 0.6 is 0 Å². The maximum atomic E-state index is 13.3. The molecule has 0 radical (unpaired) electrons. The van der Waals surface area contributed by atoms with Gasteiger partial charge in [0.1, 0.15) is 11.5 Å². The lowest BCUT2D eigenvalue weighted by Gasteiger charge is -2.20. The summed E-state index contributed by atoms with van der Waals surface area (Å²) in [6.45, 7) is 9.71. The van der Waals surface area contributed by atoms with Crippen LogP contribution in [0.2, 0.25) is 0 Å². The highest BCUT2D eigenvalue weighted by Crippen LogP contribution is 2.37. The van der Waals surface area contributed by atoms with E-state index < -0.39 is 0 Å². The minimum Gasteiger partial charge on any atom is -0.468 e. The van der Waals surface area contributed by atoms with Crippen molar-refractivity contribution in [1.82, 2.24) is 14.9 Å². The van der Waals surface area contributed by atoms with Gasteiger partial charge < -0.3 is 19.5 Å². The van der Waals surface area contributed by atoms with Gasteiger partial charge in [0.05, 0.1) is 24.6 Å². The Balaban J connectivity index is 1.45. The van der Waals surface area contributed by atoms with E-state index in [4.69, 9.17) is 11.3 Å². The van der Waals surface area contributed by atoms with E-state index in [0.29, 0.717) is 30.3 Å². The third-order valence-electron chi connectivity index (χ3n) is 6.85. The van der Waals surface area contributed by atoms with Gasteiger partial charge in [-0.05, 0) is 61.0 Å². The summed E-state index contributed by atoms with van der Waals surface area (Å²) in [4.78, 5) is 23.2. The highest BCUT2D eigenvalue weighted by Gasteiger charge is 2.32. The normalized spacial score (nSPS) is 18.0. The van der Waals surface area contributed by atoms with Crippen molar-refractivity contribution in [3.8, 4) is 11.5 Å². The molecule has 1 saturated heterocycles. The van der Waals surface area contributed by atoms with Crippen molar-refractivity contribution in [1.29, 1.82) is 0 Å². The standard InChI is InChI=1S/C28H25N5O2/c1-29-24-10-7-19-14-27(24)35-22-9-8-20-4-2-6-26(23(20)15-22)33-13-11-25(28(33)34)31-12-3-5-21-16-30-18-32(21)17-19/h2,4,6-10,14-16,18,25,31H,3,5,11-13,17H2/t25-/m0/s1. The largest absolute Gasteiger partial charge is 0.468 e. The zero-order valence-electron chi connectivity index (χ0n) is 19.3. The van der Waals surface area contributed by atoms with Crippen LogP contribution in [0.1, 0.15) is 24.1 Å². The van der Waals surface area contributed by atoms with Crippen LogP contribution in [0.25, 0.3) is 15.6 Å². The molecule has 3 heterocycles. The fraction of sp³-hybridized carbons (Fsp3) is 0.250. The van der Waals surface area contributed by atoms with Crippen LogP contribution in [-0.2, 0) is 17.8 Å². The van der Waals surface area contributed by atoms with Gasteiger partial charge in [0.25, 0.3) is 0 Å². The van der Waals surface area contributed by atoms with Gasteiger partial charge >= 0.3 is 0 Å². The lowest BCUT2D eigenvalue weighted by molar-refractivity contribution is -0.118. The Bertz CT molecular complexity index is 1470. The van der Waals surface area contributed by atoms with Crippen molar-refractivity contribution < 1.29 is 9.53 Å². The number of nitrogens with zero attached hydrogens (tertiary/aromatic N) is 4. The van der Waals surface area contributed by atoms with Crippen LogP contribution in [-0.4, -0.2) is 34.6 Å². The van der Waals surface area contributed by atoms with Gasteiger partial charge in [-0.2, -0.15) is 0 Å². The Hall–Kier alpha value is -4.15. The van der Waals surface area contributed by atoms with E-state index in [9.17, 15) is 4.79 Å². The number of carbonyl (C=O) groups is 1. The van der Waals surface area contributed by atoms with Crippen LogP contribution < -0.4 is 15.0 Å². The highest BCUT2D eigenvalue weighted by atomic mass is 16.5. The molecule has 1 aromatic heterocycles. The van der Waals surface area contributed by atoms with E-state index in [1.165, 1.54) is 0 Å².